The van der Waals surface area contributed by atoms with Crippen LogP contribution in [0, 0.1) is 5.92 Å². The van der Waals surface area contributed by atoms with E-state index in [0.717, 1.165) is 30.0 Å². The molecule has 144 valence electrons. The van der Waals surface area contributed by atoms with E-state index in [2.05, 4.69) is 22.4 Å². The monoisotopic (exact) mass is 370 g/mol. The van der Waals surface area contributed by atoms with E-state index in [1.54, 1.807) is 6.20 Å². The summed E-state index contributed by atoms with van der Waals surface area (Å²) in [5.74, 6) is 0.685. The first-order chi connectivity index (χ1) is 12.8. The number of amides is 1. The van der Waals surface area contributed by atoms with Crippen LogP contribution >= 0.6 is 0 Å². The summed E-state index contributed by atoms with van der Waals surface area (Å²) in [6.07, 6.45) is 3.79. The van der Waals surface area contributed by atoms with Gasteiger partial charge in [0.25, 0.3) is 0 Å². The molecule has 3 rings (SSSR count). The lowest BCUT2D eigenvalue weighted by Crippen LogP contribution is -2.27. The van der Waals surface area contributed by atoms with Gasteiger partial charge >= 0.3 is 12.1 Å². The number of methoxy groups -OCH3 is 1. The van der Waals surface area contributed by atoms with Gasteiger partial charge in [0.15, 0.2) is 0 Å². The first-order valence-corrected chi connectivity index (χ1v) is 9.23. The van der Waals surface area contributed by atoms with Crippen molar-refractivity contribution >= 4 is 28.7 Å². The van der Waals surface area contributed by atoms with Gasteiger partial charge in [-0.05, 0) is 63.0 Å². The molecule has 2 aromatic rings. The predicted molar refractivity (Wildman–Crippen MR) is 104 cm³/mol. The quantitative estimate of drug-likeness (QED) is 0.797. The Balaban J connectivity index is 1.79. The van der Waals surface area contributed by atoms with E-state index in [9.17, 15) is 9.59 Å². The van der Waals surface area contributed by atoms with Crippen LogP contribution in [0.25, 0.3) is 10.8 Å². The normalized spacial score (nSPS) is 19.7. The van der Waals surface area contributed by atoms with Crippen molar-refractivity contribution in [3.63, 3.8) is 0 Å². The van der Waals surface area contributed by atoms with Gasteiger partial charge in [-0.15, -0.1) is 0 Å². The number of anilines is 1. The van der Waals surface area contributed by atoms with E-state index in [1.807, 2.05) is 32.9 Å². The Labute approximate surface area is 159 Å². The molecule has 0 saturated heterocycles. The number of carbonyl (C=O) groups excluding carboxylic acids is 2. The van der Waals surface area contributed by atoms with Gasteiger partial charge in [0.05, 0.1) is 13.0 Å². The highest BCUT2D eigenvalue weighted by Crippen LogP contribution is 2.40. The second-order valence-corrected chi connectivity index (χ2v) is 8.00. The molecular formula is C21H26N2O4. The number of ether oxygens (including phenoxy) is 2. The van der Waals surface area contributed by atoms with Crippen LogP contribution in [0.4, 0.5) is 10.6 Å². The molecule has 0 spiro atoms. The second kappa shape index (κ2) is 7.55. The van der Waals surface area contributed by atoms with Crippen LogP contribution in [0.15, 0.2) is 30.5 Å². The molecule has 6 nitrogen and oxygen atoms in total. The number of fused-ring (bicyclic) bond motifs is 1. The molecule has 1 heterocycles. The number of aromatic nitrogens is 1. The van der Waals surface area contributed by atoms with Crippen LogP contribution in [0.5, 0.6) is 0 Å². The summed E-state index contributed by atoms with van der Waals surface area (Å²) in [5, 5.41) is 4.58. The number of hydrogen-bond donors (Lipinski definition) is 1. The van der Waals surface area contributed by atoms with E-state index < -0.39 is 11.7 Å². The molecule has 2 atom stereocenters. The molecule has 1 aliphatic rings. The minimum absolute atomic E-state index is 0.0162. The second-order valence-electron chi connectivity index (χ2n) is 8.00. The van der Waals surface area contributed by atoms with Gasteiger partial charge < -0.3 is 9.47 Å². The average molecular weight is 370 g/mol. The molecule has 1 aromatic carbocycles. The number of nitrogens with one attached hydrogen (secondary N) is 1. The maximum atomic E-state index is 12.1. The van der Waals surface area contributed by atoms with Crippen LogP contribution in [0.1, 0.15) is 51.5 Å². The van der Waals surface area contributed by atoms with Crippen molar-refractivity contribution in [2.75, 3.05) is 12.4 Å². The highest BCUT2D eigenvalue weighted by atomic mass is 16.6. The predicted octanol–water partition coefficient (Wildman–Crippen LogP) is 4.64. The topological polar surface area (TPSA) is 77.5 Å². The molecule has 1 fully saturated rings. The van der Waals surface area contributed by atoms with Crippen molar-refractivity contribution < 1.29 is 19.1 Å². The van der Waals surface area contributed by atoms with Gasteiger partial charge in [0, 0.05) is 11.6 Å². The molecule has 0 bridgehead atoms. The third-order valence-corrected chi connectivity index (χ3v) is 4.85. The number of benzene rings is 1. The third-order valence-electron chi connectivity index (χ3n) is 4.85. The highest BCUT2D eigenvalue weighted by molar-refractivity contribution is 5.98. The Morgan fingerprint density at radius 2 is 1.96 bits per heavy atom. The number of hydrogen-bond acceptors (Lipinski definition) is 5. The molecule has 2 unspecified atom stereocenters. The molecule has 1 N–H and O–H groups in total. The lowest BCUT2D eigenvalue weighted by Gasteiger charge is -2.20. The zero-order valence-corrected chi connectivity index (χ0v) is 16.2. The molecule has 1 aromatic heterocycles. The number of pyridine rings is 1. The van der Waals surface area contributed by atoms with E-state index >= 15 is 0 Å². The summed E-state index contributed by atoms with van der Waals surface area (Å²) in [6.45, 7) is 5.45. The first-order valence-electron chi connectivity index (χ1n) is 9.23. The largest absolute Gasteiger partial charge is 0.469 e. The van der Waals surface area contributed by atoms with E-state index in [4.69, 9.17) is 9.47 Å². The van der Waals surface area contributed by atoms with Gasteiger partial charge in [0.1, 0.15) is 11.4 Å². The smallest absolute Gasteiger partial charge is 0.413 e. The van der Waals surface area contributed by atoms with Gasteiger partial charge in [-0.2, -0.15) is 0 Å². The van der Waals surface area contributed by atoms with Gasteiger partial charge in [0.2, 0.25) is 0 Å². The van der Waals surface area contributed by atoms with Crippen molar-refractivity contribution in [1.29, 1.82) is 0 Å². The molecule has 1 saturated carbocycles. The Morgan fingerprint density at radius 1 is 1.19 bits per heavy atom. The zero-order valence-electron chi connectivity index (χ0n) is 16.2. The Hall–Kier alpha value is -2.63. The Kier molecular flexibility index (Phi) is 5.35. The van der Waals surface area contributed by atoms with Crippen LogP contribution < -0.4 is 5.32 Å². The molecule has 1 aliphatic carbocycles. The van der Waals surface area contributed by atoms with Gasteiger partial charge in [-0.25, -0.2) is 9.78 Å². The SMILES string of the molecule is COC(=O)C1CCC(c2ccc3c(NC(=O)OC(C)(C)C)nccc3c2)C1. The average Bonchev–Trinajstić information content (AvgIpc) is 3.09. The Bertz CT molecular complexity index is 857. The molecular weight excluding hydrogens is 344 g/mol. The number of carbonyl (C=O) groups is 2. The summed E-state index contributed by atoms with van der Waals surface area (Å²) in [7, 11) is 1.44. The molecule has 27 heavy (non-hydrogen) atoms. The molecule has 6 heteroatoms. The van der Waals surface area contributed by atoms with Crippen LogP contribution in [0.2, 0.25) is 0 Å². The van der Waals surface area contributed by atoms with Crippen LogP contribution in [0.3, 0.4) is 0 Å². The lowest BCUT2D eigenvalue weighted by atomic mass is 9.94. The fourth-order valence-corrected chi connectivity index (χ4v) is 3.62. The summed E-state index contributed by atoms with van der Waals surface area (Å²) < 4.78 is 10.2. The molecule has 0 aliphatic heterocycles. The van der Waals surface area contributed by atoms with Crippen LogP contribution in [-0.2, 0) is 14.3 Å². The van der Waals surface area contributed by atoms with E-state index in [-0.39, 0.29) is 11.9 Å². The van der Waals surface area contributed by atoms with E-state index in [0.29, 0.717) is 11.7 Å². The summed E-state index contributed by atoms with van der Waals surface area (Å²) >= 11 is 0. The maximum absolute atomic E-state index is 12.1. The van der Waals surface area contributed by atoms with E-state index in [1.165, 1.54) is 12.7 Å². The minimum Gasteiger partial charge on any atom is -0.469 e. The van der Waals surface area contributed by atoms with Crippen molar-refractivity contribution in [3.8, 4) is 0 Å². The first kappa shape index (κ1) is 19.1. The molecule has 0 radical (unpaired) electrons. The molecule has 1 amide bonds. The highest BCUT2D eigenvalue weighted by Gasteiger charge is 2.31. The summed E-state index contributed by atoms with van der Waals surface area (Å²) in [4.78, 5) is 28.1. The minimum atomic E-state index is -0.569. The van der Waals surface area contributed by atoms with Crippen LogP contribution in [-0.4, -0.2) is 29.8 Å². The van der Waals surface area contributed by atoms with Crippen molar-refractivity contribution in [2.45, 2.75) is 51.6 Å². The lowest BCUT2D eigenvalue weighted by molar-refractivity contribution is -0.145. The van der Waals surface area contributed by atoms with Crippen molar-refractivity contribution in [3.05, 3.63) is 36.0 Å². The summed E-state index contributed by atoms with van der Waals surface area (Å²) in [6, 6.07) is 8.05. The van der Waals surface area contributed by atoms with Gasteiger partial charge in [-0.1, -0.05) is 18.2 Å². The number of esters is 1. The Morgan fingerprint density at radius 3 is 2.67 bits per heavy atom. The summed E-state index contributed by atoms with van der Waals surface area (Å²) in [5.41, 5.74) is 0.629. The van der Waals surface area contributed by atoms with Crippen molar-refractivity contribution in [1.82, 2.24) is 4.98 Å². The fraction of sp³-hybridized carbons (Fsp3) is 0.476. The van der Waals surface area contributed by atoms with Gasteiger partial charge in [-0.3, -0.25) is 10.1 Å². The number of nitrogens with zero attached hydrogens (tertiary/aromatic N) is 1. The standard InChI is InChI=1S/C21H26N2O4/c1-21(2,3)27-20(25)23-18-17-8-7-14(11-15(17)9-10-22-18)13-5-6-16(12-13)19(24)26-4/h7-11,13,16H,5-6,12H2,1-4H3,(H,22,23,25). The maximum Gasteiger partial charge on any atom is 0.413 e. The van der Waals surface area contributed by atoms with Crippen molar-refractivity contribution in [2.24, 2.45) is 5.92 Å². The number of rotatable bonds is 3. The third kappa shape index (κ3) is 4.56. The fourth-order valence-electron chi connectivity index (χ4n) is 3.62. The zero-order chi connectivity index (χ0) is 19.6.